The van der Waals surface area contributed by atoms with Crippen molar-refractivity contribution in [1.82, 2.24) is 9.97 Å². The second-order valence-electron chi connectivity index (χ2n) is 6.81. The molecule has 0 unspecified atom stereocenters. The summed E-state index contributed by atoms with van der Waals surface area (Å²) >= 11 is 2.75. The number of anilines is 1. The van der Waals surface area contributed by atoms with E-state index in [0.717, 1.165) is 16.3 Å². The van der Waals surface area contributed by atoms with Crippen LogP contribution < -0.4 is 19.5 Å². The summed E-state index contributed by atoms with van der Waals surface area (Å²) in [4.78, 5) is 21.3. The Morgan fingerprint density at radius 3 is 2.78 bits per heavy atom. The molecular weight excluding hydrogens is 453 g/mol. The van der Waals surface area contributed by atoms with E-state index in [-0.39, 0.29) is 31.5 Å². The molecule has 0 spiro atoms. The molecule has 0 aliphatic carbocycles. The average Bonchev–Trinajstić information content (AvgIpc) is 3.54. The lowest BCUT2D eigenvalue weighted by molar-refractivity contribution is -0.115. The topological polar surface area (TPSA) is 82.6 Å². The van der Waals surface area contributed by atoms with Gasteiger partial charge < -0.3 is 19.5 Å². The quantitative estimate of drug-likeness (QED) is 0.415. The number of rotatable bonds is 7. The van der Waals surface area contributed by atoms with Crippen molar-refractivity contribution in [2.45, 2.75) is 13.0 Å². The largest absolute Gasteiger partial charge is 0.486 e. The predicted molar refractivity (Wildman–Crippen MR) is 119 cm³/mol. The molecule has 0 bridgehead atoms. The summed E-state index contributed by atoms with van der Waals surface area (Å²) < 4.78 is 29.3. The van der Waals surface area contributed by atoms with Gasteiger partial charge in [-0.3, -0.25) is 4.79 Å². The lowest BCUT2D eigenvalue weighted by Crippen LogP contribution is -2.14. The number of benzene rings is 2. The highest BCUT2D eigenvalue weighted by Gasteiger charge is 2.16. The first-order valence-corrected chi connectivity index (χ1v) is 11.4. The zero-order valence-electron chi connectivity index (χ0n) is 16.5. The van der Waals surface area contributed by atoms with Gasteiger partial charge >= 0.3 is 0 Å². The number of carbonyl (C=O) groups is 1. The highest BCUT2D eigenvalue weighted by Crippen LogP contribution is 2.36. The number of hydrogen-bond acceptors (Lipinski definition) is 8. The Labute approximate surface area is 190 Å². The molecule has 0 saturated heterocycles. The van der Waals surface area contributed by atoms with Crippen molar-refractivity contribution in [1.29, 1.82) is 0 Å². The van der Waals surface area contributed by atoms with Gasteiger partial charge in [0.25, 0.3) is 0 Å². The number of fused-ring (bicyclic) bond motifs is 1. The summed E-state index contributed by atoms with van der Waals surface area (Å²) in [5, 5.41) is 7.76. The summed E-state index contributed by atoms with van der Waals surface area (Å²) in [6.45, 7) is 0.469. The van der Waals surface area contributed by atoms with Crippen molar-refractivity contribution in [2.24, 2.45) is 0 Å². The van der Waals surface area contributed by atoms with Crippen LogP contribution in [0.2, 0.25) is 0 Å². The van der Waals surface area contributed by atoms with Crippen LogP contribution >= 0.6 is 22.7 Å². The Bertz CT molecular complexity index is 1260. The smallest absolute Gasteiger partial charge is 0.232 e. The van der Waals surface area contributed by atoms with Crippen molar-refractivity contribution in [3.05, 3.63) is 69.7 Å². The van der Waals surface area contributed by atoms with E-state index in [1.54, 1.807) is 12.1 Å². The van der Waals surface area contributed by atoms with Crippen LogP contribution in [0.15, 0.2) is 53.2 Å². The zero-order valence-corrected chi connectivity index (χ0v) is 18.2. The summed E-state index contributed by atoms with van der Waals surface area (Å²) in [5.41, 5.74) is 2.28. The molecule has 0 radical (unpaired) electrons. The van der Waals surface area contributed by atoms with Gasteiger partial charge in [-0.2, -0.15) is 0 Å². The number of amides is 1. The monoisotopic (exact) mass is 469 g/mol. The van der Waals surface area contributed by atoms with Crippen LogP contribution in [-0.4, -0.2) is 22.7 Å². The minimum Gasteiger partial charge on any atom is -0.486 e. The Morgan fingerprint density at radius 1 is 1.06 bits per heavy atom. The fourth-order valence-corrected chi connectivity index (χ4v) is 4.46. The number of nitrogens with zero attached hydrogens (tertiary/aromatic N) is 2. The summed E-state index contributed by atoms with van der Waals surface area (Å²) in [5.74, 6) is 1.44. The fourth-order valence-electron chi connectivity index (χ4n) is 3.02. The van der Waals surface area contributed by atoms with E-state index in [9.17, 15) is 9.18 Å². The van der Waals surface area contributed by atoms with Gasteiger partial charge in [0.1, 0.15) is 23.2 Å². The molecule has 4 aromatic rings. The molecule has 1 amide bonds. The van der Waals surface area contributed by atoms with Crippen LogP contribution in [0.1, 0.15) is 10.7 Å². The van der Waals surface area contributed by atoms with Gasteiger partial charge in [0.15, 0.2) is 16.6 Å². The lowest BCUT2D eigenvalue weighted by Gasteiger charge is -2.03. The molecule has 0 saturated carbocycles. The molecule has 2 aromatic heterocycles. The average molecular weight is 470 g/mol. The molecule has 32 heavy (non-hydrogen) atoms. The van der Waals surface area contributed by atoms with Crippen LogP contribution in [-0.2, 0) is 17.8 Å². The van der Waals surface area contributed by atoms with Gasteiger partial charge in [-0.25, -0.2) is 14.4 Å². The van der Waals surface area contributed by atoms with Crippen LogP contribution in [0, 0.1) is 5.82 Å². The molecule has 5 rings (SSSR count). The lowest BCUT2D eigenvalue weighted by atomic mass is 10.1. The van der Waals surface area contributed by atoms with E-state index in [1.165, 1.54) is 34.8 Å². The normalized spacial score (nSPS) is 12.0. The number of halogens is 1. The number of aromatic nitrogens is 2. The molecule has 0 atom stereocenters. The van der Waals surface area contributed by atoms with Crippen molar-refractivity contribution in [3.8, 4) is 28.5 Å². The van der Waals surface area contributed by atoms with Gasteiger partial charge in [-0.1, -0.05) is 0 Å². The van der Waals surface area contributed by atoms with Crippen molar-refractivity contribution >= 4 is 33.7 Å². The van der Waals surface area contributed by atoms with Crippen LogP contribution in [0.5, 0.6) is 17.2 Å². The second-order valence-corrected chi connectivity index (χ2v) is 8.61. The first-order chi connectivity index (χ1) is 15.6. The van der Waals surface area contributed by atoms with Crippen molar-refractivity contribution in [2.75, 3.05) is 12.1 Å². The Kier molecular flexibility index (Phi) is 5.70. The van der Waals surface area contributed by atoms with E-state index >= 15 is 0 Å². The van der Waals surface area contributed by atoms with Crippen molar-refractivity contribution in [3.63, 3.8) is 0 Å². The van der Waals surface area contributed by atoms with E-state index < -0.39 is 0 Å². The maximum atomic E-state index is 12.9. The predicted octanol–water partition coefficient (Wildman–Crippen LogP) is 4.89. The Morgan fingerprint density at radius 2 is 1.91 bits per heavy atom. The van der Waals surface area contributed by atoms with Gasteiger partial charge in [0.2, 0.25) is 12.7 Å². The molecule has 10 heteroatoms. The number of carbonyl (C=O) groups excluding carboxylic acids is 1. The number of thiazole rings is 2. The molecule has 1 aliphatic rings. The van der Waals surface area contributed by atoms with Crippen LogP contribution in [0.25, 0.3) is 11.3 Å². The van der Waals surface area contributed by atoms with Crippen molar-refractivity contribution < 1.29 is 23.4 Å². The fraction of sp³-hybridized carbons (Fsp3) is 0.136. The third-order valence-corrected chi connectivity index (χ3v) is 6.16. The van der Waals surface area contributed by atoms with Gasteiger partial charge in [-0.15, -0.1) is 22.7 Å². The SMILES string of the molecule is O=C(Cc1csc(COc2ccc(F)cc2)n1)Nc1nc(-c2ccc3c(c2)OCO3)cs1. The summed E-state index contributed by atoms with van der Waals surface area (Å²) in [7, 11) is 0. The first kappa shape index (κ1) is 20.4. The van der Waals surface area contributed by atoms with Crippen LogP contribution in [0.3, 0.4) is 0 Å². The Hall–Kier alpha value is -3.50. The maximum Gasteiger partial charge on any atom is 0.232 e. The molecule has 3 heterocycles. The maximum absolute atomic E-state index is 12.9. The third kappa shape index (κ3) is 4.71. The molecule has 162 valence electrons. The molecule has 1 aliphatic heterocycles. The van der Waals surface area contributed by atoms with E-state index in [1.807, 2.05) is 29.0 Å². The molecular formula is C22H16FN3O4S2. The molecule has 7 nitrogen and oxygen atoms in total. The number of hydrogen-bond donors (Lipinski definition) is 1. The van der Waals surface area contributed by atoms with E-state index in [0.29, 0.717) is 28.1 Å². The third-order valence-electron chi connectivity index (χ3n) is 4.54. The van der Waals surface area contributed by atoms with E-state index in [4.69, 9.17) is 14.2 Å². The highest BCUT2D eigenvalue weighted by molar-refractivity contribution is 7.14. The number of nitrogens with one attached hydrogen (secondary N) is 1. The standard InChI is InChI=1S/C22H16FN3O4S2/c23-14-2-4-16(5-3-14)28-9-21-24-15(10-31-21)8-20(27)26-22-25-17(11-32-22)13-1-6-18-19(7-13)30-12-29-18/h1-7,10-11H,8-9,12H2,(H,25,26,27). The van der Waals surface area contributed by atoms with Gasteiger partial charge in [-0.05, 0) is 42.5 Å². The van der Waals surface area contributed by atoms with E-state index in [2.05, 4.69) is 15.3 Å². The van der Waals surface area contributed by atoms with Gasteiger partial charge in [0, 0.05) is 16.3 Å². The Balaban J connectivity index is 1.16. The molecule has 1 N–H and O–H groups in total. The van der Waals surface area contributed by atoms with Crippen LogP contribution in [0.4, 0.5) is 9.52 Å². The summed E-state index contributed by atoms with van der Waals surface area (Å²) in [6, 6.07) is 11.4. The number of ether oxygens (including phenoxy) is 3. The zero-order chi connectivity index (χ0) is 21.9. The molecule has 2 aromatic carbocycles. The van der Waals surface area contributed by atoms with Gasteiger partial charge in [0.05, 0.1) is 17.8 Å². The molecule has 0 fully saturated rings. The summed E-state index contributed by atoms with van der Waals surface area (Å²) in [6.07, 6.45) is 0.131. The first-order valence-electron chi connectivity index (χ1n) is 9.59. The minimum atomic E-state index is -0.317. The highest BCUT2D eigenvalue weighted by atomic mass is 32.1. The second kappa shape index (κ2) is 8.93. The minimum absolute atomic E-state index is 0.131.